The molecular weight excluding hydrogens is 510 g/mol. The maximum atomic E-state index is 13.6. The van der Waals surface area contributed by atoms with Gasteiger partial charge in [0.2, 0.25) is 17.1 Å². The highest BCUT2D eigenvalue weighted by atomic mass is 16.7. The molecule has 0 radical (unpaired) electrons. The van der Waals surface area contributed by atoms with Crippen molar-refractivity contribution in [1.82, 2.24) is 0 Å². The molecule has 0 saturated heterocycles. The maximum absolute atomic E-state index is 13.6. The van der Waals surface area contributed by atoms with Crippen LogP contribution in [0, 0.1) is 23.0 Å². The van der Waals surface area contributed by atoms with Crippen LogP contribution < -0.4 is 0 Å². The third-order valence-electron chi connectivity index (χ3n) is 6.45. The number of fused-ring (bicyclic) bond motifs is 3. The Morgan fingerprint density at radius 3 is 2.03 bits per heavy atom. The molecule has 1 saturated carbocycles. The molecule has 2 aromatic carbocycles. The van der Waals surface area contributed by atoms with Crippen LogP contribution in [-0.2, 0) is 19.3 Å². The Bertz CT molecular complexity index is 1610. The number of carbonyl (C=O) groups excluding carboxylic acids is 4. The second-order valence-corrected chi connectivity index (χ2v) is 9.36. The molecule has 0 bridgehead atoms. The summed E-state index contributed by atoms with van der Waals surface area (Å²) < 4.78 is 5.86. The summed E-state index contributed by atoms with van der Waals surface area (Å²) in [6, 6.07) is 5.57. The minimum absolute atomic E-state index is 0.0218. The van der Waals surface area contributed by atoms with Gasteiger partial charge in [0.05, 0.1) is 4.92 Å². The van der Waals surface area contributed by atoms with Crippen molar-refractivity contribution in [1.29, 1.82) is 0 Å². The van der Waals surface area contributed by atoms with Crippen molar-refractivity contribution in [3.05, 3.63) is 51.1 Å². The highest BCUT2D eigenvalue weighted by molar-refractivity contribution is 6.47. The van der Waals surface area contributed by atoms with E-state index in [9.17, 15) is 29.3 Å². The normalized spacial score (nSPS) is 14.6. The zero-order chi connectivity index (χ0) is 28.4. The summed E-state index contributed by atoms with van der Waals surface area (Å²) in [6.07, 6.45) is 3.09. The molecule has 0 spiro atoms. The molecule has 1 aliphatic rings. The fourth-order valence-corrected chi connectivity index (χ4v) is 4.68. The van der Waals surface area contributed by atoms with Gasteiger partial charge in [-0.25, -0.2) is 9.59 Å². The Labute approximate surface area is 221 Å². The van der Waals surface area contributed by atoms with Crippen molar-refractivity contribution >= 4 is 62.6 Å². The average Bonchev–Trinajstić information content (AvgIpc) is 3.54. The molecule has 12 heteroatoms. The van der Waals surface area contributed by atoms with Crippen LogP contribution in [0.2, 0.25) is 0 Å². The molecule has 39 heavy (non-hydrogen) atoms. The van der Waals surface area contributed by atoms with Crippen molar-refractivity contribution in [3.8, 4) is 0 Å². The number of furan rings is 1. The van der Waals surface area contributed by atoms with Crippen molar-refractivity contribution in [2.45, 2.75) is 53.4 Å². The number of non-ortho nitro benzene ring substituents is 1. The number of nitro groups is 1. The Morgan fingerprint density at radius 1 is 0.872 bits per heavy atom. The third-order valence-corrected chi connectivity index (χ3v) is 6.45. The van der Waals surface area contributed by atoms with E-state index >= 15 is 0 Å². The number of hydrogen-bond acceptors (Lipinski definition) is 11. The lowest BCUT2D eigenvalue weighted by atomic mass is 9.93. The number of benzene rings is 2. The molecule has 0 amide bonds. The van der Waals surface area contributed by atoms with E-state index < -0.39 is 34.1 Å². The first kappa shape index (κ1) is 27.3. The van der Waals surface area contributed by atoms with Gasteiger partial charge in [0.15, 0.2) is 0 Å². The first-order chi connectivity index (χ1) is 18.5. The molecule has 3 aromatic rings. The van der Waals surface area contributed by atoms with Crippen LogP contribution in [-0.4, -0.2) is 39.9 Å². The lowest BCUT2D eigenvalue weighted by Gasteiger charge is -2.11. The molecule has 0 atom stereocenters. The van der Waals surface area contributed by atoms with Gasteiger partial charge in [0.25, 0.3) is 0 Å². The van der Waals surface area contributed by atoms with Crippen LogP contribution in [0.5, 0.6) is 0 Å². The molecule has 12 nitrogen and oxygen atoms in total. The maximum Gasteiger partial charge on any atom is 0.331 e. The molecular formula is C27H25N3O9. The minimum atomic E-state index is -0.694. The molecule has 4 rings (SSSR count). The van der Waals surface area contributed by atoms with E-state index in [2.05, 4.69) is 15.1 Å². The fraction of sp³-hybridized carbons (Fsp3) is 0.333. The zero-order valence-electron chi connectivity index (χ0n) is 21.7. The van der Waals surface area contributed by atoms with Gasteiger partial charge in [-0.05, 0) is 50.5 Å². The van der Waals surface area contributed by atoms with Gasteiger partial charge >= 0.3 is 17.6 Å². The van der Waals surface area contributed by atoms with Gasteiger partial charge in [0.1, 0.15) is 17.0 Å². The quantitative estimate of drug-likeness (QED) is 0.123. The van der Waals surface area contributed by atoms with E-state index in [4.69, 9.17) is 9.25 Å². The minimum Gasteiger partial charge on any atom is -0.449 e. The van der Waals surface area contributed by atoms with Gasteiger partial charge in [-0.15, -0.1) is 0 Å². The summed E-state index contributed by atoms with van der Waals surface area (Å²) in [4.78, 5) is 69.7. The summed E-state index contributed by atoms with van der Waals surface area (Å²) in [7, 11) is 0. The lowest BCUT2D eigenvalue weighted by Crippen LogP contribution is -2.23. The molecule has 1 heterocycles. The Morgan fingerprint density at radius 2 is 1.44 bits per heavy atom. The fourth-order valence-electron chi connectivity index (χ4n) is 4.68. The summed E-state index contributed by atoms with van der Waals surface area (Å²) in [5.74, 6) is -2.77. The van der Waals surface area contributed by atoms with E-state index in [0.717, 1.165) is 32.8 Å². The number of oxime groups is 2. The van der Waals surface area contributed by atoms with Gasteiger partial charge < -0.3 is 14.1 Å². The summed E-state index contributed by atoms with van der Waals surface area (Å²) in [5.41, 5.74) is 0.394. The Hall–Kier alpha value is -4.74. The first-order valence-electron chi connectivity index (χ1n) is 12.2. The topological polar surface area (TPSA) is 168 Å². The van der Waals surface area contributed by atoms with E-state index in [1.165, 1.54) is 25.1 Å². The van der Waals surface area contributed by atoms with Crippen LogP contribution in [0.15, 0.2) is 39.0 Å². The van der Waals surface area contributed by atoms with Crippen LogP contribution in [0.3, 0.4) is 0 Å². The Kier molecular flexibility index (Phi) is 7.65. The van der Waals surface area contributed by atoms with Crippen molar-refractivity contribution < 1.29 is 38.2 Å². The standard InChI is InChI=1S/C27H25N3O9/c1-13-9-18(24(33)14(2)28-38-15(3)31)10-20-21-11-19(12-22(30(35)36)27(21)37-26(13)20)25(34)23(29-39-16(4)32)17-7-5-6-8-17/h9-12,17H,5-8H2,1-4H3/b28-14+,29-23+. The van der Waals surface area contributed by atoms with Crippen LogP contribution in [0.4, 0.5) is 5.69 Å². The summed E-state index contributed by atoms with van der Waals surface area (Å²) >= 11 is 0. The van der Waals surface area contributed by atoms with Crippen LogP contribution in [0.25, 0.3) is 21.9 Å². The predicted molar refractivity (Wildman–Crippen MR) is 140 cm³/mol. The van der Waals surface area contributed by atoms with E-state index in [1.54, 1.807) is 6.92 Å². The third kappa shape index (κ3) is 5.59. The molecule has 1 fully saturated rings. The molecule has 0 aliphatic heterocycles. The SMILES string of the molecule is CC(=O)O/N=C(\C)C(=O)c1cc(C)c2oc3c([N+](=O)[O-])cc(C(=O)/C(=N/OC(C)=O)C4CCCC4)cc3c2c1. The van der Waals surface area contributed by atoms with Gasteiger partial charge in [-0.1, -0.05) is 23.2 Å². The average molecular weight is 536 g/mol. The number of nitrogens with zero attached hydrogens (tertiary/aromatic N) is 3. The second kappa shape index (κ2) is 10.9. The van der Waals surface area contributed by atoms with Crippen molar-refractivity contribution in [3.63, 3.8) is 0 Å². The number of rotatable bonds is 8. The number of Topliss-reactive ketones (excluding diaryl/α,β-unsaturated/α-hetero) is 2. The monoisotopic (exact) mass is 535 g/mol. The summed E-state index contributed by atoms with van der Waals surface area (Å²) in [5, 5.41) is 20.0. The highest BCUT2D eigenvalue weighted by Crippen LogP contribution is 2.38. The summed E-state index contributed by atoms with van der Waals surface area (Å²) in [6.45, 7) is 5.36. The smallest absolute Gasteiger partial charge is 0.331 e. The largest absolute Gasteiger partial charge is 0.449 e. The number of carbonyl (C=O) groups is 4. The lowest BCUT2D eigenvalue weighted by molar-refractivity contribution is -0.383. The Balaban J connectivity index is 1.89. The van der Waals surface area contributed by atoms with Crippen molar-refractivity contribution in [2.75, 3.05) is 0 Å². The second-order valence-electron chi connectivity index (χ2n) is 9.36. The molecule has 1 aromatic heterocycles. The van der Waals surface area contributed by atoms with E-state index in [-0.39, 0.29) is 39.4 Å². The number of hydrogen-bond donors (Lipinski definition) is 0. The van der Waals surface area contributed by atoms with E-state index in [0.29, 0.717) is 29.4 Å². The molecule has 1 aliphatic carbocycles. The number of ketones is 2. The predicted octanol–water partition coefficient (Wildman–Crippen LogP) is 5.22. The van der Waals surface area contributed by atoms with Gasteiger partial charge in [0, 0.05) is 47.7 Å². The number of aryl methyl sites for hydroxylation is 1. The van der Waals surface area contributed by atoms with Crippen LogP contribution in [0.1, 0.15) is 72.7 Å². The van der Waals surface area contributed by atoms with Crippen molar-refractivity contribution in [2.24, 2.45) is 16.2 Å². The van der Waals surface area contributed by atoms with Crippen LogP contribution >= 0.6 is 0 Å². The highest BCUT2D eigenvalue weighted by Gasteiger charge is 2.31. The molecule has 0 N–H and O–H groups in total. The first-order valence-corrected chi connectivity index (χ1v) is 12.2. The molecule has 202 valence electrons. The molecule has 0 unspecified atom stereocenters. The number of nitro benzene ring substituents is 1. The van der Waals surface area contributed by atoms with E-state index in [1.807, 2.05) is 0 Å². The van der Waals surface area contributed by atoms with Gasteiger partial charge in [-0.3, -0.25) is 19.7 Å². The zero-order valence-corrected chi connectivity index (χ0v) is 21.7. The van der Waals surface area contributed by atoms with Gasteiger partial charge in [-0.2, -0.15) is 0 Å².